The average Bonchev–Trinajstić information content (AvgIpc) is 3.20. The molecule has 182 valence electrons. The highest BCUT2D eigenvalue weighted by Gasteiger charge is 2.43. The van der Waals surface area contributed by atoms with Crippen LogP contribution in [0.25, 0.3) is 0 Å². The lowest BCUT2D eigenvalue weighted by Crippen LogP contribution is -2.49. The van der Waals surface area contributed by atoms with Crippen molar-refractivity contribution in [3.63, 3.8) is 0 Å². The molecule has 2 fully saturated rings. The van der Waals surface area contributed by atoms with Gasteiger partial charge in [0.05, 0.1) is 41.7 Å². The van der Waals surface area contributed by atoms with Crippen molar-refractivity contribution in [3.8, 4) is 0 Å². The number of amides is 3. The zero-order valence-electron chi connectivity index (χ0n) is 18.5. The van der Waals surface area contributed by atoms with Crippen LogP contribution in [0.4, 0.5) is 29.3 Å². The Labute approximate surface area is 202 Å². The molecule has 1 aromatic carbocycles. The maximum absolute atomic E-state index is 13.7. The number of halogens is 3. The second-order valence-electron chi connectivity index (χ2n) is 9.15. The SMILES string of the molecule is O=C1CC(c2nccs2)CN1c1cnn2c1CN(C(=O)Nc1cc(F)c(F)c(F)c1)C(C1CC1)C2. The third-order valence-electron chi connectivity index (χ3n) is 6.89. The summed E-state index contributed by atoms with van der Waals surface area (Å²) in [6, 6.07) is 0.815. The van der Waals surface area contributed by atoms with E-state index in [1.807, 2.05) is 10.1 Å². The predicted molar refractivity (Wildman–Crippen MR) is 121 cm³/mol. The molecule has 0 bridgehead atoms. The number of aromatic nitrogens is 3. The first-order valence-corrected chi connectivity index (χ1v) is 12.2. The van der Waals surface area contributed by atoms with E-state index in [4.69, 9.17) is 0 Å². The zero-order valence-corrected chi connectivity index (χ0v) is 19.3. The molecule has 0 radical (unpaired) electrons. The van der Waals surface area contributed by atoms with Crippen LogP contribution in [0.1, 0.15) is 35.9 Å². The maximum atomic E-state index is 13.7. The number of benzene rings is 1. The van der Waals surface area contributed by atoms with E-state index < -0.39 is 23.5 Å². The third-order valence-corrected chi connectivity index (χ3v) is 7.82. The summed E-state index contributed by atoms with van der Waals surface area (Å²) < 4.78 is 42.5. The quantitative estimate of drug-likeness (QED) is 0.545. The maximum Gasteiger partial charge on any atom is 0.322 e. The Morgan fingerprint density at radius 1 is 1.14 bits per heavy atom. The first kappa shape index (κ1) is 22.1. The highest BCUT2D eigenvalue weighted by atomic mass is 32.1. The molecule has 2 aromatic heterocycles. The van der Waals surface area contributed by atoms with Gasteiger partial charge in [-0.15, -0.1) is 11.3 Å². The van der Waals surface area contributed by atoms with E-state index in [1.54, 1.807) is 22.2 Å². The molecule has 6 rings (SSSR count). The van der Waals surface area contributed by atoms with E-state index in [0.29, 0.717) is 31.1 Å². The number of hydrogen-bond donors (Lipinski definition) is 1. The Morgan fingerprint density at radius 2 is 1.91 bits per heavy atom. The minimum absolute atomic E-state index is 0.00326. The van der Waals surface area contributed by atoms with Crippen LogP contribution in [0.2, 0.25) is 0 Å². The second-order valence-corrected chi connectivity index (χ2v) is 10.1. The molecule has 2 unspecified atom stereocenters. The molecule has 3 aromatic rings. The molecule has 2 aliphatic heterocycles. The number of carbonyl (C=O) groups is 2. The number of hydrogen-bond acceptors (Lipinski definition) is 5. The van der Waals surface area contributed by atoms with Crippen LogP contribution < -0.4 is 10.2 Å². The first-order valence-electron chi connectivity index (χ1n) is 11.4. The summed E-state index contributed by atoms with van der Waals surface area (Å²) in [6.07, 6.45) is 5.68. The lowest BCUT2D eigenvalue weighted by Gasteiger charge is -2.37. The Hall–Kier alpha value is -3.41. The summed E-state index contributed by atoms with van der Waals surface area (Å²) in [6.45, 7) is 1.12. The minimum atomic E-state index is -1.59. The predicted octanol–water partition coefficient (Wildman–Crippen LogP) is 4.10. The topological polar surface area (TPSA) is 83.4 Å². The van der Waals surface area contributed by atoms with Crippen molar-refractivity contribution in [2.24, 2.45) is 5.92 Å². The summed E-state index contributed by atoms with van der Waals surface area (Å²) >= 11 is 1.52. The molecular formula is C23H21F3N6O2S. The zero-order chi connectivity index (χ0) is 24.3. The molecule has 2 atom stereocenters. The second kappa shape index (κ2) is 8.36. The highest BCUT2D eigenvalue weighted by molar-refractivity contribution is 7.09. The van der Waals surface area contributed by atoms with Crippen LogP contribution in [0, 0.1) is 23.4 Å². The van der Waals surface area contributed by atoms with Gasteiger partial charge in [-0.3, -0.25) is 9.48 Å². The van der Waals surface area contributed by atoms with Crippen LogP contribution >= 0.6 is 11.3 Å². The molecule has 3 aliphatic rings. The van der Waals surface area contributed by atoms with E-state index >= 15 is 0 Å². The summed E-state index contributed by atoms with van der Waals surface area (Å²) in [7, 11) is 0. The molecule has 3 amide bonds. The van der Waals surface area contributed by atoms with Gasteiger partial charge in [-0.05, 0) is 18.8 Å². The van der Waals surface area contributed by atoms with Gasteiger partial charge in [-0.2, -0.15) is 5.10 Å². The fourth-order valence-electron chi connectivity index (χ4n) is 4.97. The van der Waals surface area contributed by atoms with Crippen LogP contribution in [0.15, 0.2) is 29.9 Å². The van der Waals surface area contributed by atoms with Gasteiger partial charge < -0.3 is 15.1 Å². The number of rotatable bonds is 4. The lowest BCUT2D eigenvalue weighted by molar-refractivity contribution is -0.117. The molecule has 0 spiro atoms. The van der Waals surface area contributed by atoms with Crippen molar-refractivity contribution in [2.45, 2.75) is 44.3 Å². The molecular weight excluding hydrogens is 481 g/mol. The fraction of sp³-hybridized carbons (Fsp3) is 0.391. The van der Waals surface area contributed by atoms with Gasteiger partial charge in [0.15, 0.2) is 17.5 Å². The fourth-order valence-corrected chi connectivity index (χ4v) is 5.71. The average molecular weight is 503 g/mol. The Morgan fingerprint density at radius 3 is 2.60 bits per heavy atom. The van der Waals surface area contributed by atoms with E-state index in [0.717, 1.165) is 35.7 Å². The normalized spacial score (nSPS) is 22.0. The van der Waals surface area contributed by atoms with Crippen molar-refractivity contribution in [1.82, 2.24) is 19.7 Å². The number of carbonyl (C=O) groups excluding carboxylic acids is 2. The summed E-state index contributed by atoms with van der Waals surface area (Å²) in [5.41, 5.74) is 1.21. The van der Waals surface area contributed by atoms with Gasteiger partial charge in [0.2, 0.25) is 5.91 Å². The van der Waals surface area contributed by atoms with E-state index in [-0.39, 0.29) is 30.1 Å². The summed E-state index contributed by atoms with van der Waals surface area (Å²) in [5.74, 6) is -4.06. The monoisotopic (exact) mass is 502 g/mol. The molecule has 4 heterocycles. The van der Waals surface area contributed by atoms with Crippen molar-refractivity contribution in [1.29, 1.82) is 0 Å². The smallest absolute Gasteiger partial charge is 0.313 e. The van der Waals surface area contributed by atoms with Crippen LogP contribution in [-0.2, 0) is 17.9 Å². The molecule has 1 aliphatic carbocycles. The van der Waals surface area contributed by atoms with E-state index in [9.17, 15) is 22.8 Å². The molecule has 1 saturated heterocycles. The van der Waals surface area contributed by atoms with Gasteiger partial charge in [0.1, 0.15) is 0 Å². The molecule has 1 saturated carbocycles. The van der Waals surface area contributed by atoms with Gasteiger partial charge in [0.25, 0.3) is 0 Å². The summed E-state index contributed by atoms with van der Waals surface area (Å²) in [5, 5.41) is 9.81. The lowest BCUT2D eigenvalue weighted by atomic mass is 10.1. The van der Waals surface area contributed by atoms with Crippen LogP contribution in [-0.4, -0.2) is 44.2 Å². The highest BCUT2D eigenvalue weighted by Crippen LogP contribution is 2.41. The van der Waals surface area contributed by atoms with Gasteiger partial charge >= 0.3 is 6.03 Å². The number of anilines is 2. The largest absolute Gasteiger partial charge is 0.322 e. The van der Waals surface area contributed by atoms with Gasteiger partial charge in [-0.1, -0.05) is 0 Å². The number of nitrogens with one attached hydrogen (secondary N) is 1. The molecule has 8 nitrogen and oxygen atoms in total. The van der Waals surface area contributed by atoms with Crippen molar-refractivity contribution >= 4 is 34.6 Å². The minimum Gasteiger partial charge on any atom is -0.313 e. The van der Waals surface area contributed by atoms with Crippen LogP contribution in [0.5, 0.6) is 0 Å². The standard InChI is InChI=1S/C23H21F3N6O2S/c24-15-6-14(7-16(25)21(15)26)29-23(34)31-10-19-17(8-28-32(19)11-18(31)12-1-2-12)30-9-13(5-20(30)33)22-27-3-4-35-22/h3-4,6-8,12-13,18H,1-2,5,9-11H2,(H,29,34). The Bertz CT molecular complexity index is 1290. The number of urea groups is 1. The van der Waals surface area contributed by atoms with Gasteiger partial charge in [-0.25, -0.2) is 22.9 Å². The number of fused-ring (bicyclic) bond motifs is 1. The van der Waals surface area contributed by atoms with E-state index in [1.165, 1.54) is 11.3 Å². The summed E-state index contributed by atoms with van der Waals surface area (Å²) in [4.78, 5) is 33.7. The first-order chi connectivity index (χ1) is 16.9. The molecule has 35 heavy (non-hydrogen) atoms. The number of nitrogens with zero attached hydrogens (tertiary/aromatic N) is 5. The van der Waals surface area contributed by atoms with Gasteiger partial charge in [0, 0.05) is 48.3 Å². The number of thiazole rings is 1. The molecule has 12 heteroatoms. The van der Waals surface area contributed by atoms with E-state index in [2.05, 4.69) is 15.4 Å². The Kier molecular flexibility index (Phi) is 5.28. The van der Waals surface area contributed by atoms with Crippen molar-refractivity contribution < 1.29 is 22.8 Å². The van der Waals surface area contributed by atoms with Crippen molar-refractivity contribution in [3.05, 3.63) is 58.1 Å². The molecule has 1 N–H and O–H groups in total. The van der Waals surface area contributed by atoms with Crippen LogP contribution in [0.3, 0.4) is 0 Å². The van der Waals surface area contributed by atoms with Crippen molar-refractivity contribution in [2.75, 3.05) is 16.8 Å². The Balaban J connectivity index is 1.26. The third kappa shape index (κ3) is 3.95.